The smallest absolute Gasteiger partial charge is 0.269 e. The first-order valence-corrected chi connectivity index (χ1v) is 7.93. The predicted octanol–water partition coefficient (Wildman–Crippen LogP) is 2.51. The van der Waals surface area contributed by atoms with E-state index < -0.39 is 4.92 Å². The second-order valence-corrected chi connectivity index (χ2v) is 5.37. The molecule has 2 rings (SSSR count). The highest BCUT2D eigenvalue weighted by atomic mass is 16.6. The topological polar surface area (TPSA) is 88.8 Å². The van der Waals surface area contributed by atoms with Gasteiger partial charge in [-0.2, -0.15) is 0 Å². The number of nitro groups is 1. The molecular formula is C18H22N4O3. The largest absolute Gasteiger partial charge is 0.497 e. The van der Waals surface area contributed by atoms with E-state index in [-0.39, 0.29) is 5.69 Å². The van der Waals surface area contributed by atoms with Crippen LogP contribution in [0.2, 0.25) is 0 Å². The van der Waals surface area contributed by atoms with Crippen molar-refractivity contribution in [1.82, 2.24) is 10.6 Å². The Morgan fingerprint density at radius 1 is 1.08 bits per heavy atom. The van der Waals surface area contributed by atoms with Crippen molar-refractivity contribution in [1.29, 1.82) is 0 Å². The second-order valence-electron chi connectivity index (χ2n) is 5.37. The Balaban J connectivity index is 1.77. The fourth-order valence-corrected chi connectivity index (χ4v) is 2.26. The van der Waals surface area contributed by atoms with E-state index in [1.165, 1.54) is 17.7 Å². The van der Waals surface area contributed by atoms with Crippen LogP contribution < -0.4 is 15.4 Å². The molecule has 2 aromatic rings. The van der Waals surface area contributed by atoms with Gasteiger partial charge in [0.05, 0.1) is 12.0 Å². The monoisotopic (exact) mass is 342 g/mol. The summed E-state index contributed by atoms with van der Waals surface area (Å²) in [5.74, 6) is 1.53. The number of nitrogens with one attached hydrogen (secondary N) is 2. The molecule has 7 nitrogen and oxygen atoms in total. The van der Waals surface area contributed by atoms with Gasteiger partial charge in [-0.1, -0.05) is 24.3 Å². The maximum Gasteiger partial charge on any atom is 0.269 e. The number of benzene rings is 2. The Bertz CT molecular complexity index is 712. The number of hydrogen-bond acceptors (Lipinski definition) is 4. The van der Waals surface area contributed by atoms with Crippen molar-refractivity contribution in [2.24, 2.45) is 4.99 Å². The molecule has 25 heavy (non-hydrogen) atoms. The van der Waals surface area contributed by atoms with Crippen molar-refractivity contribution in [3.05, 3.63) is 69.8 Å². The van der Waals surface area contributed by atoms with E-state index in [2.05, 4.69) is 15.6 Å². The summed E-state index contributed by atoms with van der Waals surface area (Å²) >= 11 is 0. The van der Waals surface area contributed by atoms with Crippen LogP contribution in [0.4, 0.5) is 5.69 Å². The van der Waals surface area contributed by atoms with Crippen LogP contribution in [0.1, 0.15) is 11.1 Å². The van der Waals surface area contributed by atoms with Gasteiger partial charge in [0.25, 0.3) is 5.69 Å². The van der Waals surface area contributed by atoms with Gasteiger partial charge in [-0.3, -0.25) is 15.1 Å². The third-order valence-electron chi connectivity index (χ3n) is 3.70. The summed E-state index contributed by atoms with van der Waals surface area (Å²) in [6.45, 7) is 1.28. The van der Waals surface area contributed by atoms with Gasteiger partial charge in [0, 0.05) is 32.3 Å². The first kappa shape index (κ1) is 18.3. The van der Waals surface area contributed by atoms with Gasteiger partial charge in [-0.15, -0.1) is 0 Å². The molecule has 0 aromatic heterocycles. The lowest BCUT2D eigenvalue weighted by molar-refractivity contribution is -0.384. The maximum atomic E-state index is 10.6. The van der Waals surface area contributed by atoms with E-state index in [0.29, 0.717) is 12.5 Å². The fraction of sp³-hybridized carbons (Fsp3) is 0.278. The molecule has 7 heteroatoms. The van der Waals surface area contributed by atoms with Crippen molar-refractivity contribution in [3.63, 3.8) is 0 Å². The summed E-state index contributed by atoms with van der Waals surface area (Å²) in [5, 5.41) is 17.1. The van der Waals surface area contributed by atoms with Crippen molar-refractivity contribution in [3.8, 4) is 5.75 Å². The number of aliphatic imine (C=N–C) groups is 1. The predicted molar refractivity (Wildman–Crippen MR) is 98.0 cm³/mol. The number of methoxy groups -OCH3 is 1. The van der Waals surface area contributed by atoms with Gasteiger partial charge in [0.1, 0.15) is 5.75 Å². The zero-order valence-corrected chi connectivity index (χ0v) is 14.4. The minimum atomic E-state index is -0.406. The average Bonchev–Trinajstić information content (AvgIpc) is 2.65. The molecule has 0 aliphatic rings. The Labute approximate surface area is 146 Å². The number of rotatable bonds is 7. The van der Waals surface area contributed by atoms with Crippen molar-refractivity contribution in [2.45, 2.75) is 13.0 Å². The Kier molecular flexibility index (Phi) is 6.76. The molecule has 0 radical (unpaired) electrons. The van der Waals surface area contributed by atoms with Crippen LogP contribution in [0.15, 0.2) is 53.5 Å². The molecule has 0 fully saturated rings. The number of non-ortho nitro benzene ring substituents is 1. The highest BCUT2D eigenvalue weighted by molar-refractivity contribution is 5.79. The number of guanidine groups is 1. The molecule has 0 spiro atoms. The van der Waals surface area contributed by atoms with Crippen molar-refractivity contribution in [2.75, 3.05) is 20.7 Å². The van der Waals surface area contributed by atoms with Gasteiger partial charge in [0.2, 0.25) is 0 Å². The third kappa shape index (κ3) is 5.80. The van der Waals surface area contributed by atoms with Crippen LogP contribution in [0.25, 0.3) is 0 Å². The van der Waals surface area contributed by atoms with E-state index in [4.69, 9.17) is 4.74 Å². The van der Waals surface area contributed by atoms with E-state index >= 15 is 0 Å². The van der Waals surface area contributed by atoms with E-state index in [1.54, 1.807) is 26.3 Å². The van der Waals surface area contributed by atoms with Crippen LogP contribution >= 0.6 is 0 Å². The molecule has 0 aliphatic carbocycles. The lowest BCUT2D eigenvalue weighted by Gasteiger charge is -2.12. The number of nitro benzene ring substituents is 1. The lowest BCUT2D eigenvalue weighted by atomic mass is 10.1. The first-order chi connectivity index (χ1) is 12.1. The Morgan fingerprint density at radius 2 is 1.72 bits per heavy atom. The Hall–Kier alpha value is -3.09. The standard InChI is InChI=1S/C18H22N4O3/c1-19-18(20-12-11-14-5-9-17(25-2)10-6-14)21-13-15-3-7-16(8-4-15)22(23)24/h3-10H,11-13H2,1-2H3,(H2,19,20,21). The number of ether oxygens (including phenoxy) is 1. The van der Waals surface area contributed by atoms with Gasteiger partial charge < -0.3 is 15.4 Å². The van der Waals surface area contributed by atoms with Crippen LogP contribution in [0.5, 0.6) is 5.75 Å². The summed E-state index contributed by atoms with van der Waals surface area (Å²) < 4.78 is 5.14. The molecule has 132 valence electrons. The minimum Gasteiger partial charge on any atom is -0.497 e. The average molecular weight is 342 g/mol. The summed E-state index contributed by atoms with van der Waals surface area (Å²) in [6.07, 6.45) is 0.863. The quantitative estimate of drug-likeness (QED) is 0.349. The molecule has 0 amide bonds. The molecule has 0 unspecified atom stereocenters. The number of hydrogen-bond donors (Lipinski definition) is 2. The third-order valence-corrected chi connectivity index (χ3v) is 3.70. The molecule has 0 aliphatic heterocycles. The second kappa shape index (κ2) is 9.27. The molecule has 0 heterocycles. The molecule has 0 atom stereocenters. The van der Waals surface area contributed by atoms with Crippen molar-refractivity contribution >= 4 is 11.6 Å². The van der Waals surface area contributed by atoms with Gasteiger partial charge in [-0.05, 0) is 29.7 Å². The molecule has 0 saturated carbocycles. The van der Waals surface area contributed by atoms with Crippen LogP contribution in [0.3, 0.4) is 0 Å². The minimum absolute atomic E-state index is 0.0887. The summed E-state index contributed by atoms with van der Waals surface area (Å²) in [7, 11) is 3.36. The highest BCUT2D eigenvalue weighted by Crippen LogP contribution is 2.12. The molecule has 0 saturated heterocycles. The zero-order chi connectivity index (χ0) is 18.1. The van der Waals surface area contributed by atoms with Gasteiger partial charge in [-0.25, -0.2) is 0 Å². The molecule has 0 bridgehead atoms. The van der Waals surface area contributed by atoms with E-state index in [1.807, 2.05) is 24.3 Å². The summed E-state index contributed by atoms with van der Waals surface area (Å²) in [6, 6.07) is 14.4. The number of nitrogens with zero attached hydrogens (tertiary/aromatic N) is 2. The van der Waals surface area contributed by atoms with Gasteiger partial charge >= 0.3 is 0 Å². The Morgan fingerprint density at radius 3 is 2.28 bits per heavy atom. The van der Waals surface area contributed by atoms with Crippen LogP contribution in [-0.2, 0) is 13.0 Å². The molecule has 2 N–H and O–H groups in total. The molecular weight excluding hydrogens is 320 g/mol. The fourth-order valence-electron chi connectivity index (χ4n) is 2.26. The van der Waals surface area contributed by atoms with Crippen LogP contribution in [-0.4, -0.2) is 31.6 Å². The maximum absolute atomic E-state index is 10.6. The van der Waals surface area contributed by atoms with E-state index in [0.717, 1.165) is 24.3 Å². The van der Waals surface area contributed by atoms with E-state index in [9.17, 15) is 10.1 Å². The molecule has 2 aromatic carbocycles. The zero-order valence-electron chi connectivity index (χ0n) is 14.4. The SMILES string of the molecule is CN=C(NCCc1ccc(OC)cc1)NCc1ccc([N+](=O)[O-])cc1. The van der Waals surface area contributed by atoms with Crippen molar-refractivity contribution < 1.29 is 9.66 Å². The first-order valence-electron chi connectivity index (χ1n) is 7.93. The van der Waals surface area contributed by atoms with Crippen LogP contribution in [0, 0.1) is 10.1 Å². The lowest BCUT2D eigenvalue weighted by Crippen LogP contribution is -2.37. The summed E-state index contributed by atoms with van der Waals surface area (Å²) in [4.78, 5) is 14.4. The highest BCUT2D eigenvalue weighted by Gasteiger charge is 2.04. The van der Waals surface area contributed by atoms with Gasteiger partial charge in [0.15, 0.2) is 5.96 Å². The normalized spacial score (nSPS) is 11.0. The summed E-state index contributed by atoms with van der Waals surface area (Å²) in [5.41, 5.74) is 2.24.